The third kappa shape index (κ3) is 5.64. The van der Waals surface area contributed by atoms with E-state index in [0.717, 1.165) is 10.0 Å². The molecule has 3 aromatic carbocycles. The van der Waals surface area contributed by atoms with Gasteiger partial charge < -0.3 is 0 Å². The molecule has 2 N–H and O–H groups in total. The summed E-state index contributed by atoms with van der Waals surface area (Å²) in [5.74, 6) is 0.0696. The summed E-state index contributed by atoms with van der Waals surface area (Å²) in [5, 5.41) is 6.11. The highest BCUT2D eigenvalue weighted by Crippen LogP contribution is 2.21. The van der Waals surface area contributed by atoms with Crippen LogP contribution in [0.3, 0.4) is 0 Å². The van der Waals surface area contributed by atoms with E-state index in [0.29, 0.717) is 34.6 Å². The van der Waals surface area contributed by atoms with Crippen molar-refractivity contribution in [3.05, 3.63) is 98.7 Å². The standard InChI is InChI=1S/C24H20BrN3O4S2/c25-18-9-7-17(8-10-18)22(29)15-33-24-27-21-4-2-1-3-20(21)23(30)28(24)14-13-16-5-11-19(12-6-16)34(26,31)32/h1-12H,13-15H2,(H2,26,31,32). The number of nitrogens with two attached hydrogens (primary N) is 1. The van der Waals surface area contributed by atoms with Crippen LogP contribution >= 0.6 is 27.7 Å². The van der Waals surface area contributed by atoms with E-state index in [-0.39, 0.29) is 22.0 Å². The third-order valence-electron chi connectivity index (χ3n) is 5.20. The molecular formula is C24H20BrN3O4S2. The van der Waals surface area contributed by atoms with Crippen molar-refractivity contribution in [2.45, 2.75) is 23.0 Å². The van der Waals surface area contributed by atoms with Gasteiger partial charge in [0.15, 0.2) is 10.9 Å². The quantitative estimate of drug-likeness (QED) is 0.199. The Labute approximate surface area is 209 Å². The minimum Gasteiger partial charge on any atom is -0.293 e. The van der Waals surface area contributed by atoms with Crippen LogP contribution in [0.15, 0.2) is 92.1 Å². The van der Waals surface area contributed by atoms with Crippen LogP contribution in [0, 0.1) is 0 Å². The molecule has 0 fully saturated rings. The number of para-hydroxylation sites is 1. The molecule has 4 rings (SSSR count). The van der Waals surface area contributed by atoms with Gasteiger partial charge in [-0.2, -0.15) is 0 Å². The lowest BCUT2D eigenvalue weighted by atomic mass is 10.1. The number of thioether (sulfide) groups is 1. The molecule has 0 saturated carbocycles. The molecule has 34 heavy (non-hydrogen) atoms. The maximum atomic E-state index is 13.2. The molecule has 1 aromatic heterocycles. The zero-order valence-corrected chi connectivity index (χ0v) is 21.1. The van der Waals surface area contributed by atoms with Crippen molar-refractivity contribution < 1.29 is 13.2 Å². The van der Waals surface area contributed by atoms with Crippen LogP contribution < -0.4 is 10.7 Å². The highest BCUT2D eigenvalue weighted by molar-refractivity contribution is 9.10. The van der Waals surface area contributed by atoms with E-state index in [2.05, 4.69) is 20.9 Å². The summed E-state index contributed by atoms with van der Waals surface area (Å²) >= 11 is 4.58. The summed E-state index contributed by atoms with van der Waals surface area (Å²) in [5.41, 5.74) is 1.81. The SMILES string of the molecule is NS(=O)(=O)c1ccc(CCn2c(SCC(=O)c3ccc(Br)cc3)nc3ccccc3c2=O)cc1. The van der Waals surface area contributed by atoms with E-state index < -0.39 is 10.0 Å². The summed E-state index contributed by atoms with van der Waals surface area (Å²) in [6.07, 6.45) is 0.471. The van der Waals surface area contributed by atoms with Gasteiger partial charge in [-0.1, -0.05) is 64.1 Å². The number of primary sulfonamides is 1. The Morgan fingerprint density at radius 3 is 2.35 bits per heavy atom. The van der Waals surface area contributed by atoms with Crippen LogP contribution in [-0.4, -0.2) is 29.5 Å². The number of aromatic nitrogens is 2. The number of hydrogen-bond donors (Lipinski definition) is 1. The molecule has 0 bridgehead atoms. The lowest BCUT2D eigenvalue weighted by molar-refractivity contribution is 0.102. The lowest BCUT2D eigenvalue weighted by Crippen LogP contribution is -2.24. The molecular weight excluding hydrogens is 538 g/mol. The number of benzene rings is 3. The molecule has 0 aliphatic heterocycles. The summed E-state index contributed by atoms with van der Waals surface area (Å²) in [6.45, 7) is 0.320. The van der Waals surface area contributed by atoms with Gasteiger partial charge in [0.25, 0.3) is 5.56 Å². The normalized spacial score (nSPS) is 11.6. The summed E-state index contributed by atoms with van der Waals surface area (Å²) in [7, 11) is -3.77. The number of ketones is 1. The number of halogens is 1. The average molecular weight is 558 g/mol. The topological polar surface area (TPSA) is 112 Å². The predicted molar refractivity (Wildman–Crippen MR) is 137 cm³/mol. The second kappa shape index (κ2) is 10.2. The van der Waals surface area contributed by atoms with Gasteiger partial charge in [0, 0.05) is 16.6 Å². The molecule has 0 aliphatic rings. The minimum absolute atomic E-state index is 0.0310. The number of sulfonamides is 1. The monoisotopic (exact) mass is 557 g/mol. The molecule has 0 amide bonds. The Kier molecular flexibility index (Phi) is 7.32. The molecule has 1 heterocycles. The Hall–Kier alpha value is -2.79. The van der Waals surface area contributed by atoms with Crippen molar-refractivity contribution >= 4 is 54.4 Å². The van der Waals surface area contributed by atoms with Crippen molar-refractivity contribution in [2.75, 3.05) is 5.75 Å². The van der Waals surface area contributed by atoms with Gasteiger partial charge in [-0.25, -0.2) is 18.5 Å². The molecule has 0 saturated heterocycles. The van der Waals surface area contributed by atoms with Gasteiger partial charge >= 0.3 is 0 Å². The van der Waals surface area contributed by atoms with E-state index >= 15 is 0 Å². The van der Waals surface area contributed by atoms with Gasteiger partial charge in [-0.3, -0.25) is 14.2 Å². The van der Waals surface area contributed by atoms with Crippen molar-refractivity contribution in [1.29, 1.82) is 0 Å². The summed E-state index contributed by atoms with van der Waals surface area (Å²) in [6, 6.07) is 20.4. The summed E-state index contributed by atoms with van der Waals surface area (Å²) in [4.78, 5) is 30.6. The molecule has 0 aliphatic carbocycles. The lowest BCUT2D eigenvalue weighted by Gasteiger charge is -2.13. The van der Waals surface area contributed by atoms with Gasteiger partial charge in [-0.15, -0.1) is 0 Å². The fourth-order valence-corrected chi connectivity index (χ4v) is 5.09. The van der Waals surface area contributed by atoms with E-state index in [9.17, 15) is 18.0 Å². The number of carbonyl (C=O) groups excluding carboxylic acids is 1. The number of hydrogen-bond acceptors (Lipinski definition) is 6. The van der Waals surface area contributed by atoms with Crippen molar-refractivity contribution in [3.63, 3.8) is 0 Å². The fourth-order valence-electron chi connectivity index (χ4n) is 3.39. The van der Waals surface area contributed by atoms with Crippen LogP contribution in [-0.2, 0) is 23.0 Å². The van der Waals surface area contributed by atoms with E-state index in [4.69, 9.17) is 5.14 Å². The summed E-state index contributed by atoms with van der Waals surface area (Å²) < 4.78 is 25.4. The van der Waals surface area contributed by atoms with E-state index in [1.807, 2.05) is 18.2 Å². The first kappa shape index (κ1) is 24.3. The number of nitrogens with zero attached hydrogens (tertiary/aromatic N) is 2. The Morgan fingerprint density at radius 1 is 1.00 bits per heavy atom. The largest absolute Gasteiger partial charge is 0.293 e. The second-order valence-corrected chi connectivity index (χ2v) is 10.9. The van der Waals surface area contributed by atoms with Crippen molar-refractivity contribution in [3.8, 4) is 0 Å². The second-order valence-electron chi connectivity index (χ2n) is 7.53. The van der Waals surface area contributed by atoms with Gasteiger partial charge in [0.1, 0.15) is 0 Å². The Balaban J connectivity index is 1.60. The molecule has 10 heteroatoms. The zero-order valence-electron chi connectivity index (χ0n) is 17.8. The zero-order chi connectivity index (χ0) is 24.3. The first-order valence-electron chi connectivity index (χ1n) is 10.3. The van der Waals surface area contributed by atoms with Gasteiger partial charge in [-0.05, 0) is 48.4 Å². The van der Waals surface area contributed by atoms with Crippen LogP contribution in [0.5, 0.6) is 0 Å². The van der Waals surface area contributed by atoms with Crippen LogP contribution in [0.1, 0.15) is 15.9 Å². The molecule has 7 nitrogen and oxygen atoms in total. The van der Waals surface area contributed by atoms with Crippen LogP contribution in [0.25, 0.3) is 10.9 Å². The number of fused-ring (bicyclic) bond motifs is 1. The first-order valence-corrected chi connectivity index (χ1v) is 13.6. The molecule has 0 atom stereocenters. The fraction of sp³-hybridized carbons (Fsp3) is 0.125. The third-order valence-corrected chi connectivity index (χ3v) is 7.64. The predicted octanol–water partition coefficient (Wildman–Crippen LogP) is 4.02. The highest BCUT2D eigenvalue weighted by Gasteiger charge is 2.15. The molecule has 0 radical (unpaired) electrons. The molecule has 0 unspecified atom stereocenters. The van der Waals surface area contributed by atoms with Crippen LogP contribution in [0.4, 0.5) is 0 Å². The molecule has 4 aromatic rings. The molecule has 174 valence electrons. The van der Waals surface area contributed by atoms with Gasteiger partial charge in [0.2, 0.25) is 10.0 Å². The number of Topliss-reactive ketones (excluding diaryl/α,β-unsaturated/α-hetero) is 1. The maximum absolute atomic E-state index is 13.2. The molecule has 0 spiro atoms. The Bertz CT molecular complexity index is 1520. The van der Waals surface area contributed by atoms with Crippen LogP contribution in [0.2, 0.25) is 0 Å². The smallest absolute Gasteiger partial charge is 0.262 e. The maximum Gasteiger partial charge on any atom is 0.262 e. The average Bonchev–Trinajstić information content (AvgIpc) is 2.82. The first-order chi connectivity index (χ1) is 16.2. The number of carbonyl (C=O) groups is 1. The van der Waals surface area contributed by atoms with Crippen molar-refractivity contribution in [2.24, 2.45) is 5.14 Å². The number of aryl methyl sites for hydroxylation is 1. The highest BCUT2D eigenvalue weighted by atomic mass is 79.9. The minimum atomic E-state index is -3.77. The van der Waals surface area contributed by atoms with Gasteiger partial charge in [0.05, 0.1) is 21.6 Å². The Morgan fingerprint density at radius 2 is 1.68 bits per heavy atom. The number of rotatable bonds is 8. The van der Waals surface area contributed by atoms with E-state index in [1.165, 1.54) is 23.9 Å². The van der Waals surface area contributed by atoms with Crippen molar-refractivity contribution in [1.82, 2.24) is 9.55 Å². The van der Waals surface area contributed by atoms with E-state index in [1.54, 1.807) is 47.0 Å².